The number of carbonyl (C=O) groups excluding carboxylic acids is 2. The molecule has 18 heteroatoms. The Kier molecular flexibility index (Phi) is 10.9. The molecule has 0 saturated heterocycles. The summed E-state index contributed by atoms with van der Waals surface area (Å²) in [6.07, 6.45) is -19.2. The molecule has 4 nitrogen and oxygen atoms in total. The van der Waals surface area contributed by atoms with Crippen LogP contribution in [0, 0.1) is 0 Å². The minimum absolute atomic E-state index is 0.0258. The molecule has 0 saturated carbocycles. The van der Waals surface area contributed by atoms with Gasteiger partial charge < -0.3 is 10.6 Å². The van der Waals surface area contributed by atoms with Gasteiger partial charge in [-0.1, -0.05) is 29.3 Å². The van der Waals surface area contributed by atoms with E-state index in [9.17, 15) is 62.3 Å². The van der Waals surface area contributed by atoms with Crippen LogP contribution in [0.1, 0.15) is 51.9 Å². The first kappa shape index (κ1) is 35.1. The fourth-order valence-corrected chi connectivity index (χ4v) is 3.83. The topological polar surface area (TPSA) is 58.2 Å². The van der Waals surface area contributed by atoms with Crippen LogP contribution in [0.5, 0.6) is 0 Å². The number of halogens is 14. The van der Waals surface area contributed by atoms with Crippen LogP contribution in [0.15, 0.2) is 36.4 Å². The molecule has 2 aromatic carbocycles. The first-order chi connectivity index (χ1) is 19.0. The number of rotatable bonds is 8. The maximum absolute atomic E-state index is 15.0. The predicted octanol–water partition coefficient (Wildman–Crippen LogP) is 8.40. The van der Waals surface area contributed by atoms with Crippen molar-refractivity contribution in [2.75, 3.05) is 6.54 Å². The molecule has 0 aliphatic rings. The smallest absolute Gasteiger partial charge is 0.345 e. The molecule has 2 N–H and O–H groups in total. The zero-order valence-electron chi connectivity index (χ0n) is 20.5. The van der Waals surface area contributed by atoms with E-state index in [-0.39, 0.29) is 12.1 Å². The molecule has 0 aromatic heterocycles. The van der Waals surface area contributed by atoms with Crippen LogP contribution in [-0.2, 0) is 11.0 Å². The Bertz CT molecular complexity index is 1350. The maximum atomic E-state index is 15.0. The highest BCUT2D eigenvalue weighted by atomic mass is 35.5. The highest BCUT2D eigenvalue weighted by Crippen LogP contribution is 2.43. The van der Waals surface area contributed by atoms with Gasteiger partial charge in [0.25, 0.3) is 12.3 Å². The van der Waals surface area contributed by atoms with Gasteiger partial charge in [0.15, 0.2) is 0 Å². The highest BCUT2D eigenvalue weighted by Gasteiger charge is 2.41. The number of benzene rings is 2. The average molecular weight is 663 g/mol. The summed E-state index contributed by atoms with van der Waals surface area (Å²) in [5, 5.41) is 1.63. The molecule has 0 spiro atoms. The Hall–Kier alpha value is -3.14. The van der Waals surface area contributed by atoms with Crippen molar-refractivity contribution in [1.82, 2.24) is 10.6 Å². The van der Waals surface area contributed by atoms with Crippen LogP contribution < -0.4 is 10.6 Å². The number of nitrogens with one attached hydrogen (secondary N) is 2. The second kappa shape index (κ2) is 13.0. The van der Waals surface area contributed by atoms with Crippen LogP contribution in [0.2, 0.25) is 10.0 Å². The molecule has 0 bridgehead atoms. The quantitative estimate of drug-likeness (QED) is 0.279. The fourth-order valence-electron chi connectivity index (χ4n) is 3.40. The van der Waals surface area contributed by atoms with Crippen LogP contribution >= 0.6 is 23.2 Å². The number of alkyl halides is 11. The Morgan fingerprint density at radius 2 is 1.55 bits per heavy atom. The van der Waals surface area contributed by atoms with Gasteiger partial charge in [-0.3, -0.25) is 9.59 Å². The monoisotopic (exact) mass is 662 g/mol. The van der Waals surface area contributed by atoms with Crippen molar-refractivity contribution in [3.05, 3.63) is 74.3 Å². The van der Waals surface area contributed by atoms with Gasteiger partial charge in [-0.15, -0.1) is 0 Å². The van der Waals surface area contributed by atoms with E-state index in [1.54, 1.807) is 5.32 Å². The predicted molar refractivity (Wildman–Crippen MR) is 127 cm³/mol. The molecule has 2 unspecified atom stereocenters. The lowest BCUT2D eigenvalue weighted by atomic mass is 9.94. The molecule has 0 radical (unpaired) electrons. The van der Waals surface area contributed by atoms with Crippen molar-refractivity contribution in [3.63, 3.8) is 0 Å². The zero-order chi connectivity index (χ0) is 32.4. The largest absolute Gasteiger partial charge is 0.417 e. The Balaban J connectivity index is 2.50. The van der Waals surface area contributed by atoms with Crippen LogP contribution in [-0.4, -0.2) is 36.8 Å². The van der Waals surface area contributed by atoms with Crippen LogP contribution in [0.4, 0.5) is 52.7 Å². The molecular formula is C24H16Cl2F12N2O2. The molecule has 0 aliphatic carbocycles. The molecule has 2 amide bonds. The van der Waals surface area contributed by atoms with Crippen molar-refractivity contribution < 1.29 is 62.3 Å². The average Bonchev–Trinajstić information content (AvgIpc) is 2.84. The summed E-state index contributed by atoms with van der Waals surface area (Å²) in [4.78, 5) is 24.1. The van der Waals surface area contributed by atoms with Crippen LogP contribution in [0.25, 0.3) is 5.83 Å². The third-order valence-corrected chi connectivity index (χ3v) is 6.20. The summed E-state index contributed by atoms with van der Waals surface area (Å²) < 4.78 is 161. The van der Waals surface area contributed by atoms with E-state index in [4.69, 9.17) is 23.2 Å². The molecule has 2 rings (SSSR count). The van der Waals surface area contributed by atoms with E-state index < -0.39 is 99.0 Å². The SMILES string of the molecule is CC(NC(=O)c1ccc(/C(F)=C/C(c2cc(Cl)c(Cl)c(C(F)F)c2)C(F)(F)F)cc1C(F)(F)F)C(=O)NCC(F)(F)F. The molecular weight excluding hydrogens is 647 g/mol. The second-order valence-electron chi connectivity index (χ2n) is 8.53. The summed E-state index contributed by atoms with van der Waals surface area (Å²) in [7, 11) is 0. The molecule has 0 aliphatic heterocycles. The summed E-state index contributed by atoms with van der Waals surface area (Å²) in [5.41, 5.74) is -6.35. The molecule has 42 heavy (non-hydrogen) atoms. The zero-order valence-corrected chi connectivity index (χ0v) is 22.0. The van der Waals surface area contributed by atoms with Gasteiger partial charge in [0.2, 0.25) is 5.91 Å². The lowest BCUT2D eigenvalue weighted by Gasteiger charge is -2.20. The van der Waals surface area contributed by atoms with Crippen LogP contribution in [0.3, 0.4) is 0 Å². The number of amides is 2. The summed E-state index contributed by atoms with van der Waals surface area (Å²) in [5.74, 6) is -7.93. The number of hydrogen-bond donors (Lipinski definition) is 2. The van der Waals surface area contributed by atoms with E-state index in [1.807, 2.05) is 0 Å². The molecule has 2 atom stereocenters. The minimum atomic E-state index is -5.41. The first-order valence-corrected chi connectivity index (χ1v) is 11.9. The second-order valence-corrected chi connectivity index (χ2v) is 9.31. The lowest BCUT2D eigenvalue weighted by Crippen LogP contribution is -2.47. The molecule has 2 aromatic rings. The van der Waals surface area contributed by atoms with Crippen molar-refractivity contribution >= 4 is 40.8 Å². The Labute approximate surface area is 238 Å². The molecule has 0 heterocycles. The molecule has 0 fully saturated rings. The van der Waals surface area contributed by atoms with Crippen molar-refractivity contribution in [3.8, 4) is 0 Å². The third kappa shape index (κ3) is 9.18. The third-order valence-electron chi connectivity index (χ3n) is 5.39. The Morgan fingerprint density at radius 1 is 0.952 bits per heavy atom. The van der Waals surface area contributed by atoms with Gasteiger partial charge in [-0.2, -0.15) is 39.5 Å². The fraction of sp³-hybridized carbons (Fsp3) is 0.333. The summed E-state index contributed by atoms with van der Waals surface area (Å²) >= 11 is 11.2. The number of hydrogen-bond acceptors (Lipinski definition) is 2. The summed E-state index contributed by atoms with van der Waals surface area (Å²) in [6.45, 7) is -0.946. The lowest BCUT2D eigenvalue weighted by molar-refractivity contribution is -0.140. The normalized spacial score (nSPS) is 14.5. The van der Waals surface area contributed by atoms with E-state index in [2.05, 4.69) is 0 Å². The van der Waals surface area contributed by atoms with Gasteiger partial charge in [-0.25, -0.2) is 13.2 Å². The van der Waals surface area contributed by atoms with Crippen molar-refractivity contribution in [2.24, 2.45) is 0 Å². The number of allylic oxidation sites excluding steroid dienone is 1. The first-order valence-electron chi connectivity index (χ1n) is 11.1. The molecule has 232 valence electrons. The minimum Gasteiger partial charge on any atom is -0.345 e. The number of carbonyl (C=O) groups is 2. The van der Waals surface area contributed by atoms with E-state index in [0.717, 1.165) is 6.92 Å². The van der Waals surface area contributed by atoms with Crippen molar-refractivity contribution in [2.45, 2.75) is 43.8 Å². The van der Waals surface area contributed by atoms with Gasteiger partial charge >= 0.3 is 18.5 Å². The van der Waals surface area contributed by atoms with E-state index in [0.29, 0.717) is 24.3 Å². The standard InChI is InChI=1S/C24H16Cl2F12N2O2/c1-9(20(41)39-8-22(30,31)32)40-21(42)12-3-2-10(5-15(12)24(36,37)38)17(27)7-14(23(33,34)35)11-4-13(19(28)29)18(26)16(25)6-11/h2-7,9,14,19H,8H2,1H3,(H,39,41)(H,40,42)/b17-7-. The maximum Gasteiger partial charge on any atom is 0.417 e. The van der Waals surface area contributed by atoms with Gasteiger partial charge in [0.05, 0.1) is 21.2 Å². The van der Waals surface area contributed by atoms with Gasteiger partial charge in [-0.05, 0) is 42.8 Å². The van der Waals surface area contributed by atoms with Crippen molar-refractivity contribution in [1.29, 1.82) is 0 Å². The highest BCUT2D eigenvalue weighted by molar-refractivity contribution is 6.42. The van der Waals surface area contributed by atoms with Gasteiger partial charge in [0, 0.05) is 11.1 Å². The van der Waals surface area contributed by atoms with E-state index in [1.165, 1.54) is 5.32 Å². The van der Waals surface area contributed by atoms with Gasteiger partial charge in [0.1, 0.15) is 24.3 Å². The summed E-state index contributed by atoms with van der Waals surface area (Å²) in [6, 6.07) is -0.120. The van der Waals surface area contributed by atoms with E-state index >= 15 is 0 Å². The Morgan fingerprint density at radius 3 is 2.05 bits per heavy atom.